The zero-order valence-corrected chi connectivity index (χ0v) is 13.3. The topological polar surface area (TPSA) is 12.5 Å². The Balaban J connectivity index is 1.82. The first-order valence-electron chi connectivity index (χ1n) is 8.01. The summed E-state index contributed by atoms with van der Waals surface area (Å²) >= 11 is 0. The van der Waals surface area contributed by atoms with Crippen LogP contribution in [-0.4, -0.2) is 23.5 Å². The van der Waals surface area contributed by atoms with Crippen LogP contribution in [0.2, 0.25) is 0 Å². The van der Waals surface area contributed by atoms with Gasteiger partial charge in [0, 0.05) is 18.6 Å². The fraction of sp³-hybridized carbons (Fsp3) is 0.667. The molecular weight excluding hydrogens is 246 g/mol. The van der Waals surface area contributed by atoms with E-state index in [1.165, 1.54) is 17.5 Å². The molecule has 20 heavy (non-hydrogen) atoms. The van der Waals surface area contributed by atoms with Gasteiger partial charge < -0.3 is 4.74 Å². The molecule has 3 rings (SSSR count). The summed E-state index contributed by atoms with van der Waals surface area (Å²) in [5.41, 5.74) is 3.14. The molecule has 0 aromatic heterocycles. The van der Waals surface area contributed by atoms with Gasteiger partial charge in [-0.25, -0.2) is 0 Å². The van der Waals surface area contributed by atoms with E-state index in [0.29, 0.717) is 5.54 Å². The van der Waals surface area contributed by atoms with Crippen molar-refractivity contribution >= 4 is 0 Å². The average molecular weight is 273 g/mol. The van der Waals surface area contributed by atoms with Gasteiger partial charge in [0.15, 0.2) is 0 Å². The fourth-order valence-electron chi connectivity index (χ4n) is 3.82. The lowest BCUT2D eigenvalue weighted by molar-refractivity contribution is -0.114. The molecular formula is C18H27NO. The van der Waals surface area contributed by atoms with E-state index in [0.717, 1.165) is 25.9 Å². The standard InChI is InChI=1S/C18H27NO/c1-5-17(3,4)19-12-10-18(11-13-19)16-9-7-6-8-15(16)14(2)20-18/h6-9,14H,5,10-13H2,1-4H3. The lowest BCUT2D eigenvalue weighted by atomic mass is 9.82. The van der Waals surface area contributed by atoms with Gasteiger partial charge in [0.25, 0.3) is 0 Å². The Kier molecular flexibility index (Phi) is 3.42. The highest BCUT2D eigenvalue weighted by molar-refractivity contribution is 5.38. The van der Waals surface area contributed by atoms with Crippen LogP contribution in [0.3, 0.4) is 0 Å². The van der Waals surface area contributed by atoms with E-state index in [1.54, 1.807) is 0 Å². The molecule has 0 N–H and O–H groups in total. The first-order chi connectivity index (χ1) is 9.48. The largest absolute Gasteiger partial charge is 0.363 e. The van der Waals surface area contributed by atoms with Crippen LogP contribution >= 0.6 is 0 Å². The molecule has 1 aromatic rings. The molecule has 0 aliphatic carbocycles. The second-order valence-corrected chi connectivity index (χ2v) is 6.99. The number of benzene rings is 1. The van der Waals surface area contributed by atoms with E-state index < -0.39 is 0 Å². The van der Waals surface area contributed by atoms with E-state index in [1.807, 2.05) is 0 Å². The Morgan fingerprint density at radius 2 is 1.90 bits per heavy atom. The summed E-state index contributed by atoms with van der Waals surface area (Å²) in [6.07, 6.45) is 3.69. The van der Waals surface area contributed by atoms with Crippen molar-refractivity contribution in [3.8, 4) is 0 Å². The maximum Gasteiger partial charge on any atom is 0.0967 e. The Morgan fingerprint density at radius 1 is 1.25 bits per heavy atom. The first kappa shape index (κ1) is 14.1. The van der Waals surface area contributed by atoms with E-state index in [2.05, 4.69) is 56.9 Å². The fourth-order valence-corrected chi connectivity index (χ4v) is 3.82. The minimum absolute atomic E-state index is 0.0175. The van der Waals surface area contributed by atoms with E-state index in [-0.39, 0.29) is 11.7 Å². The van der Waals surface area contributed by atoms with Crippen molar-refractivity contribution < 1.29 is 4.74 Å². The quantitative estimate of drug-likeness (QED) is 0.798. The molecule has 110 valence electrons. The summed E-state index contributed by atoms with van der Waals surface area (Å²) in [5, 5.41) is 0. The Morgan fingerprint density at radius 3 is 2.55 bits per heavy atom. The SMILES string of the molecule is CCC(C)(C)N1CCC2(CC1)OC(C)c1ccccc12. The van der Waals surface area contributed by atoms with Crippen molar-refractivity contribution in [2.45, 2.75) is 64.2 Å². The number of hydrogen-bond acceptors (Lipinski definition) is 2. The third-order valence-corrected chi connectivity index (χ3v) is 5.58. The van der Waals surface area contributed by atoms with Crippen molar-refractivity contribution in [2.75, 3.05) is 13.1 Å². The molecule has 1 fully saturated rings. The van der Waals surface area contributed by atoms with Gasteiger partial charge in [0.05, 0.1) is 11.7 Å². The van der Waals surface area contributed by atoms with E-state index in [4.69, 9.17) is 4.74 Å². The van der Waals surface area contributed by atoms with E-state index >= 15 is 0 Å². The molecule has 1 unspecified atom stereocenters. The Bertz CT molecular complexity index is 486. The molecule has 1 spiro atoms. The van der Waals surface area contributed by atoms with Crippen LogP contribution in [0, 0.1) is 0 Å². The van der Waals surface area contributed by atoms with Gasteiger partial charge >= 0.3 is 0 Å². The van der Waals surface area contributed by atoms with Crippen LogP contribution in [0.5, 0.6) is 0 Å². The number of fused-ring (bicyclic) bond motifs is 2. The molecule has 2 heterocycles. The summed E-state index contributed by atoms with van der Waals surface area (Å²) in [6.45, 7) is 11.5. The predicted molar refractivity (Wildman–Crippen MR) is 82.8 cm³/mol. The monoisotopic (exact) mass is 273 g/mol. The molecule has 0 bridgehead atoms. The average Bonchev–Trinajstić information content (AvgIpc) is 2.73. The summed E-state index contributed by atoms with van der Waals surface area (Å²) in [6, 6.07) is 8.80. The van der Waals surface area contributed by atoms with Gasteiger partial charge in [0.1, 0.15) is 0 Å². The van der Waals surface area contributed by atoms with Crippen LogP contribution in [0.1, 0.15) is 64.2 Å². The molecule has 2 heteroatoms. The van der Waals surface area contributed by atoms with E-state index in [9.17, 15) is 0 Å². The molecule has 1 aromatic carbocycles. The molecule has 0 radical (unpaired) electrons. The third-order valence-electron chi connectivity index (χ3n) is 5.58. The zero-order valence-electron chi connectivity index (χ0n) is 13.3. The summed E-state index contributed by atoms with van der Waals surface area (Å²) in [7, 11) is 0. The van der Waals surface area contributed by atoms with Gasteiger partial charge in [-0.05, 0) is 51.2 Å². The number of likely N-dealkylation sites (tertiary alicyclic amines) is 1. The minimum Gasteiger partial charge on any atom is -0.363 e. The van der Waals surface area contributed by atoms with Gasteiger partial charge in [-0.2, -0.15) is 0 Å². The third kappa shape index (κ3) is 2.10. The van der Waals surface area contributed by atoms with Gasteiger partial charge in [-0.15, -0.1) is 0 Å². The highest BCUT2D eigenvalue weighted by Gasteiger charge is 2.46. The lowest BCUT2D eigenvalue weighted by Gasteiger charge is -2.46. The number of nitrogens with zero attached hydrogens (tertiary/aromatic N) is 1. The predicted octanol–water partition coefficient (Wildman–Crippen LogP) is 4.26. The number of piperidine rings is 1. The van der Waals surface area contributed by atoms with Crippen LogP contribution in [-0.2, 0) is 10.3 Å². The lowest BCUT2D eigenvalue weighted by Crippen LogP contribution is -2.51. The molecule has 1 atom stereocenters. The van der Waals surface area contributed by atoms with Gasteiger partial charge in [-0.1, -0.05) is 31.2 Å². The smallest absolute Gasteiger partial charge is 0.0967 e. The first-order valence-corrected chi connectivity index (χ1v) is 8.01. The maximum atomic E-state index is 6.43. The summed E-state index contributed by atoms with van der Waals surface area (Å²) in [4.78, 5) is 2.63. The normalized spacial score (nSPS) is 25.9. The summed E-state index contributed by atoms with van der Waals surface area (Å²) < 4.78 is 6.43. The molecule has 2 nitrogen and oxygen atoms in total. The van der Waals surface area contributed by atoms with Gasteiger partial charge in [0.2, 0.25) is 0 Å². The highest BCUT2D eigenvalue weighted by Crippen LogP contribution is 2.49. The molecule has 2 aliphatic heterocycles. The maximum absolute atomic E-state index is 6.43. The number of ether oxygens (including phenoxy) is 1. The second kappa shape index (κ2) is 4.85. The van der Waals surface area contributed by atoms with Crippen molar-refractivity contribution in [2.24, 2.45) is 0 Å². The Hall–Kier alpha value is -0.860. The van der Waals surface area contributed by atoms with Crippen LogP contribution in [0.25, 0.3) is 0 Å². The number of rotatable bonds is 2. The van der Waals surface area contributed by atoms with Crippen molar-refractivity contribution in [3.05, 3.63) is 35.4 Å². The molecule has 0 saturated carbocycles. The van der Waals surface area contributed by atoms with Crippen LogP contribution < -0.4 is 0 Å². The number of hydrogen-bond donors (Lipinski definition) is 0. The van der Waals surface area contributed by atoms with Crippen LogP contribution in [0.15, 0.2) is 24.3 Å². The molecule has 1 saturated heterocycles. The highest BCUT2D eigenvalue weighted by atomic mass is 16.5. The van der Waals surface area contributed by atoms with Crippen molar-refractivity contribution in [1.29, 1.82) is 0 Å². The summed E-state index contributed by atoms with van der Waals surface area (Å²) in [5.74, 6) is 0. The minimum atomic E-state index is -0.0175. The second-order valence-electron chi connectivity index (χ2n) is 6.99. The Labute approximate surface area is 123 Å². The molecule has 2 aliphatic rings. The van der Waals surface area contributed by atoms with Crippen molar-refractivity contribution in [1.82, 2.24) is 4.90 Å². The van der Waals surface area contributed by atoms with Gasteiger partial charge in [-0.3, -0.25) is 4.90 Å². The molecule has 0 amide bonds. The zero-order chi connectivity index (χ0) is 14.4. The van der Waals surface area contributed by atoms with Crippen molar-refractivity contribution in [3.63, 3.8) is 0 Å². The van der Waals surface area contributed by atoms with Crippen LogP contribution in [0.4, 0.5) is 0 Å².